The molecule has 8 heteroatoms. The van der Waals surface area contributed by atoms with Crippen LogP contribution in [0.3, 0.4) is 0 Å². The topological polar surface area (TPSA) is 104 Å². The van der Waals surface area contributed by atoms with E-state index in [0.717, 1.165) is 6.07 Å². The van der Waals surface area contributed by atoms with Gasteiger partial charge >= 0.3 is 5.69 Å². The Labute approximate surface area is 123 Å². The van der Waals surface area contributed by atoms with Crippen LogP contribution in [0.25, 0.3) is 0 Å². The molecule has 1 heterocycles. The summed E-state index contributed by atoms with van der Waals surface area (Å²) in [5, 5.41) is 3.05. The molecule has 1 amide bonds. The van der Waals surface area contributed by atoms with Crippen LogP contribution in [0.4, 0.5) is 5.69 Å². The smallest absolute Gasteiger partial charge is 0.325 e. The second-order valence-corrected chi connectivity index (χ2v) is 4.62. The molecule has 0 spiro atoms. The van der Waals surface area contributed by atoms with Crippen molar-refractivity contribution in [3.8, 4) is 5.75 Å². The molecule has 0 fully saturated rings. The molecule has 2 aromatic rings. The van der Waals surface area contributed by atoms with Crippen LogP contribution in [0, 0.1) is 0 Å². The molecule has 0 bridgehead atoms. The molecule has 0 aliphatic rings. The number of ether oxygens (including phenoxy) is 1. The molecule has 0 aliphatic heterocycles. The van der Waals surface area contributed by atoms with Crippen molar-refractivity contribution < 1.29 is 9.53 Å². The van der Waals surface area contributed by atoms with Crippen LogP contribution >= 0.6 is 11.6 Å². The number of aromatic nitrogens is 2. The second kappa shape index (κ2) is 6.27. The van der Waals surface area contributed by atoms with Crippen LogP contribution < -0.4 is 21.3 Å². The first-order valence-corrected chi connectivity index (χ1v) is 6.31. The summed E-state index contributed by atoms with van der Waals surface area (Å²) in [6, 6.07) is 5.94. The maximum Gasteiger partial charge on any atom is 0.325 e. The molecule has 0 saturated carbocycles. The number of methoxy groups -OCH3 is 1. The number of hydrogen-bond acceptors (Lipinski definition) is 4. The van der Waals surface area contributed by atoms with Gasteiger partial charge in [0.1, 0.15) is 5.75 Å². The van der Waals surface area contributed by atoms with Gasteiger partial charge < -0.3 is 15.0 Å². The highest BCUT2D eigenvalue weighted by Crippen LogP contribution is 2.27. The minimum Gasteiger partial charge on any atom is -0.495 e. The molecule has 0 saturated heterocycles. The van der Waals surface area contributed by atoms with E-state index in [1.165, 1.54) is 7.11 Å². The van der Waals surface area contributed by atoms with E-state index in [1.54, 1.807) is 18.2 Å². The number of amides is 1. The Bertz CT molecular complexity index is 753. The normalized spacial score (nSPS) is 10.2. The average molecular weight is 310 g/mol. The summed E-state index contributed by atoms with van der Waals surface area (Å²) in [5.74, 6) is 0.0315. The molecule has 0 radical (unpaired) electrons. The Balaban J connectivity index is 2.17. The molecule has 0 aliphatic carbocycles. The van der Waals surface area contributed by atoms with Gasteiger partial charge in [-0.1, -0.05) is 11.6 Å². The third-order valence-corrected chi connectivity index (χ3v) is 2.84. The zero-order chi connectivity index (χ0) is 15.4. The van der Waals surface area contributed by atoms with E-state index in [0.29, 0.717) is 16.5 Å². The van der Waals surface area contributed by atoms with Crippen LogP contribution in [0.2, 0.25) is 5.02 Å². The van der Waals surface area contributed by atoms with Crippen molar-refractivity contribution in [2.75, 3.05) is 12.4 Å². The first-order chi connectivity index (χ1) is 9.97. The largest absolute Gasteiger partial charge is 0.495 e. The molecule has 21 heavy (non-hydrogen) atoms. The fourth-order valence-corrected chi connectivity index (χ4v) is 1.93. The molecule has 3 N–H and O–H groups in total. The fraction of sp³-hybridized carbons (Fsp3) is 0.154. The molecule has 2 rings (SSSR count). The second-order valence-electron chi connectivity index (χ2n) is 4.18. The Kier molecular flexibility index (Phi) is 4.44. The van der Waals surface area contributed by atoms with Gasteiger partial charge in [-0.25, -0.2) is 4.79 Å². The van der Waals surface area contributed by atoms with Crippen molar-refractivity contribution in [3.63, 3.8) is 0 Å². The van der Waals surface area contributed by atoms with Crippen molar-refractivity contribution in [1.82, 2.24) is 9.97 Å². The third-order valence-electron chi connectivity index (χ3n) is 2.60. The molecular weight excluding hydrogens is 298 g/mol. The van der Waals surface area contributed by atoms with Gasteiger partial charge in [0.15, 0.2) is 0 Å². The first kappa shape index (κ1) is 14.9. The molecule has 110 valence electrons. The van der Waals surface area contributed by atoms with E-state index in [2.05, 4.69) is 10.3 Å². The van der Waals surface area contributed by atoms with Gasteiger partial charge in [0, 0.05) is 16.8 Å². The van der Waals surface area contributed by atoms with Crippen LogP contribution in [0.5, 0.6) is 5.75 Å². The highest BCUT2D eigenvalue weighted by molar-refractivity contribution is 6.31. The molecule has 1 aromatic heterocycles. The minimum absolute atomic E-state index is 0.158. The Morgan fingerprint density at radius 3 is 2.71 bits per heavy atom. The summed E-state index contributed by atoms with van der Waals surface area (Å²) < 4.78 is 5.10. The van der Waals surface area contributed by atoms with Crippen molar-refractivity contribution in [1.29, 1.82) is 0 Å². The van der Waals surface area contributed by atoms with Gasteiger partial charge in [-0.15, -0.1) is 0 Å². The van der Waals surface area contributed by atoms with E-state index in [-0.39, 0.29) is 12.1 Å². The van der Waals surface area contributed by atoms with E-state index < -0.39 is 17.2 Å². The van der Waals surface area contributed by atoms with Crippen molar-refractivity contribution in [3.05, 3.63) is 55.8 Å². The standard InChI is InChI=1S/C13H12ClN3O4/c1-21-10-3-2-7(14)4-9(10)16-11(18)5-8-6-12(19)17-13(20)15-8/h2-4,6H,5H2,1H3,(H,16,18)(H2,15,17,19,20). The van der Waals surface area contributed by atoms with Crippen LogP contribution in [-0.2, 0) is 11.2 Å². The Hall–Kier alpha value is -2.54. The van der Waals surface area contributed by atoms with E-state index in [1.807, 2.05) is 4.98 Å². The lowest BCUT2D eigenvalue weighted by Crippen LogP contribution is -2.25. The predicted molar refractivity (Wildman–Crippen MR) is 78.0 cm³/mol. The van der Waals surface area contributed by atoms with Gasteiger partial charge in [0.05, 0.1) is 19.2 Å². The number of halogens is 1. The molecule has 1 aromatic carbocycles. The number of nitrogens with one attached hydrogen (secondary N) is 3. The minimum atomic E-state index is -0.661. The predicted octanol–water partition coefficient (Wildman–Crippen LogP) is 0.906. The van der Waals surface area contributed by atoms with Crippen LogP contribution in [0.15, 0.2) is 33.9 Å². The highest BCUT2D eigenvalue weighted by Gasteiger charge is 2.10. The van der Waals surface area contributed by atoms with Gasteiger partial charge in [0.2, 0.25) is 5.91 Å². The zero-order valence-corrected chi connectivity index (χ0v) is 11.8. The summed E-state index contributed by atoms with van der Waals surface area (Å²) in [6.07, 6.45) is -0.158. The molecule has 0 atom stereocenters. The lowest BCUT2D eigenvalue weighted by atomic mass is 10.2. The zero-order valence-electron chi connectivity index (χ0n) is 11.0. The number of carbonyl (C=O) groups excluding carboxylic acids is 1. The van der Waals surface area contributed by atoms with Gasteiger partial charge in [-0.3, -0.25) is 14.6 Å². The number of hydrogen-bond donors (Lipinski definition) is 3. The molecule has 7 nitrogen and oxygen atoms in total. The Morgan fingerprint density at radius 1 is 1.29 bits per heavy atom. The highest BCUT2D eigenvalue weighted by atomic mass is 35.5. The third kappa shape index (κ3) is 3.96. The summed E-state index contributed by atoms with van der Waals surface area (Å²) in [5.41, 5.74) is -0.614. The lowest BCUT2D eigenvalue weighted by molar-refractivity contribution is -0.115. The number of anilines is 1. The van der Waals surface area contributed by atoms with Gasteiger partial charge in [0.25, 0.3) is 5.56 Å². The summed E-state index contributed by atoms with van der Waals surface area (Å²) in [7, 11) is 1.47. The Morgan fingerprint density at radius 2 is 2.05 bits per heavy atom. The average Bonchev–Trinajstić information content (AvgIpc) is 2.37. The number of carbonyl (C=O) groups is 1. The van der Waals surface area contributed by atoms with Gasteiger partial charge in [-0.2, -0.15) is 0 Å². The fourth-order valence-electron chi connectivity index (χ4n) is 1.76. The van der Waals surface area contributed by atoms with Crippen molar-refractivity contribution in [2.24, 2.45) is 0 Å². The number of rotatable bonds is 4. The van der Waals surface area contributed by atoms with E-state index >= 15 is 0 Å². The molecule has 0 unspecified atom stereocenters. The summed E-state index contributed by atoms with van der Waals surface area (Å²) in [4.78, 5) is 38.6. The van der Waals surface area contributed by atoms with E-state index in [9.17, 15) is 14.4 Å². The van der Waals surface area contributed by atoms with Crippen LogP contribution in [-0.4, -0.2) is 23.0 Å². The maximum atomic E-state index is 11.9. The lowest BCUT2D eigenvalue weighted by Gasteiger charge is -2.10. The maximum absolute atomic E-state index is 11.9. The monoisotopic (exact) mass is 309 g/mol. The van der Waals surface area contributed by atoms with Crippen molar-refractivity contribution >= 4 is 23.2 Å². The quantitative estimate of drug-likeness (QED) is 0.780. The van der Waals surface area contributed by atoms with Crippen LogP contribution in [0.1, 0.15) is 5.69 Å². The van der Waals surface area contributed by atoms with Crippen molar-refractivity contribution in [2.45, 2.75) is 6.42 Å². The number of benzene rings is 1. The summed E-state index contributed by atoms with van der Waals surface area (Å²) >= 11 is 5.86. The molecular formula is C13H12ClN3O4. The van der Waals surface area contributed by atoms with Gasteiger partial charge in [-0.05, 0) is 18.2 Å². The first-order valence-electron chi connectivity index (χ1n) is 5.94. The number of H-pyrrole nitrogens is 2. The SMILES string of the molecule is COc1ccc(Cl)cc1NC(=O)Cc1cc(=O)[nH]c(=O)[nH]1. The summed E-state index contributed by atoms with van der Waals surface area (Å²) in [6.45, 7) is 0. The van der Waals surface area contributed by atoms with E-state index in [4.69, 9.17) is 16.3 Å². The number of aromatic amines is 2.